The molecule has 0 aromatic heterocycles. The van der Waals surface area contributed by atoms with Crippen molar-refractivity contribution in [1.29, 1.82) is 0 Å². The molecule has 0 saturated heterocycles. The smallest absolute Gasteiger partial charge is 0.0465 e. The molecule has 0 heterocycles. The standard InChI is InChI=1S/C31H29N/c1-4-23-17-19-27-28-20-18-26(22-30(28)31(5-2,6-3)29(27)21-23)32(24-13-9-7-10-14-24)25-15-11-8-12-16-25/h4,7-22H,1,5-6H2,2-3H3. The molecule has 0 fully saturated rings. The summed E-state index contributed by atoms with van der Waals surface area (Å²) in [6, 6.07) is 35.1. The van der Waals surface area contributed by atoms with Gasteiger partial charge in [0.05, 0.1) is 0 Å². The number of nitrogens with zero attached hydrogens (tertiary/aromatic N) is 1. The largest absolute Gasteiger partial charge is 0.310 e. The molecule has 0 amide bonds. The number of hydrogen-bond acceptors (Lipinski definition) is 1. The normalized spacial score (nSPS) is 13.3. The van der Waals surface area contributed by atoms with Crippen LogP contribution in [0.5, 0.6) is 0 Å². The summed E-state index contributed by atoms with van der Waals surface area (Å²) in [5, 5.41) is 0. The average molecular weight is 416 g/mol. The molecule has 1 aliphatic carbocycles. The second-order valence-electron chi connectivity index (χ2n) is 8.53. The first-order chi connectivity index (χ1) is 15.7. The van der Waals surface area contributed by atoms with Crippen LogP contribution in [0, 0.1) is 0 Å². The second-order valence-corrected chi connectivity index (χ2v) is 8.53. The number of hydrogen-bond donors (Lipinski definition) is 0. The van der Waals surface area contributed by atoms with E-state index in [0.29, 0.717) is 0 Å². The maximum absolute atomic E-state index is 4.00. The molecule has 0 radical (unpaired) electrons. The van der Waals surface area contributed by atoms with Gasteiger partial charge in [-0.05, 0) is 77.1 Å². The Kier molecular flexibility index (Phi) is 5.19. The van der Waals surface area contributed by atoms with Gasteiger partial charge in [-0.15, -0.1) is 0 Å². The lowest BCUT2D eigenvalue weighted by atomic mass is 9.73. The minimum atomic E-state index is 0.0265. The summed E-state index contributed by atoms with van der Waals surface area (Å²) in [4.78, 5) is 2.36. The molecule has 5 rings (SSSR count). The van der Waals surface area contributed by atoms with Crippen LogP contribution < -0.4 is 4.90 Å². The van der Waals surface area contributed by atoms with Crippen LogP contribution in [-0.2, 0) is 5.41 Å². The van der Waals surface area contributed by atoms with Gasteiger partial charge < -0.3 is 4.90 Å². The molecule has 0 unspecified atom stereocenters. The lowest BCUT2D eigenvalue weighted by Gasteiger charge is -2.32. The van der Waals surface area contributed by atoms with Gasteiger partial charge >= 0.3 is 0 Å². The van der Waals surface area contributed by atoms with E-state index in [1.54, 1.807) is 0 Å². The molecule has 0 saturated carbocycles. The molecule has 158 valence electrons. The molecular weight excluding hydrogens is 386 g/mol. The number of rotatable bonds is 6. The van der Waals surface area contributed by atoms with E-state index in [1.165, 1.54) is 44.9 Å². The lowest BCUT2D eigenvalue weighted by Crippen LogP contribution is -2.23. The molecule has 0 bridgehead atoms. The van der Waals surface area contributed by atoms with Crippen LogP contribution >= 0.6 is 0 Å². The summed E-state index contributed by atoms with van der Waals surface area (Å²) in [5.41, 5.74) is 10.4. The van der Waals surface area contributed by atoms with E-state index in [0.717, 1.165) is 12.8 Å². The van der Waals surface area contributed by atoms with Crippen LogP contribution in [0.2, 0.25) is 0 Å². The van der Waals surface area contributed by atoms with Crippen LogP contribution in [-0.4, -0.2) is 0 Å². The van der Waals surface area contributed by atoms with Gasteiger partial charge in [-0.1, -0.05) is 87.2 Å². The van der Waals surface area contributed by atoms with Gasteiger partial charge in [-0.25, -0.2) is 0 Å². The molecule has 4 aromatic rings. The predicted molar refractivity (Wildman–Crippen MR) is 138 cm³/mol. The van der Waals surface area contributed by atoms with Crippen LogP contribution in [0.4, 0.5) is 17.1 Å². The number of para-hydroxylation sites is 2. The van der Waals surface area contributed by atoms with Crippen molar-refractivity contribution in [2.75, 3.05) is 4.90 Å². The summed E-state index contributed by atoms with van der Waals surface area (Å²) in [6.45, 7) is 8.65. The van der Waals surface area contributed by atoms with Crippen molar-refractivity contribution < 1.29 is 0 Å². The SMILES string of the molecule is C=Cc1ccc2c(c1)C(CC)(CC)c1cc(N(c3ccccc3)c3ccccc3)ccc1-2. The number of anilines is 3. The molecular formula is C31H29N. The van der Waals surface area contributed by atoms with Gasteiger partial charge in [-0.3, -0.25) is 0 Å². The quantitative estimate of drug-likeness (QED) is 0.304. The highest BCUT2D eigenvalue weighted by Gasteiger charge is 2.40. The van der Waals surface area contributed by atoms with Crippen molar-refractivity contribution in [2.45, 2.75) is 32.1 Å². The fourth-order valence-electron chi connectivity index (χ4n) is 5.38. The minimum Gasteiger partial charge on any atom is -0.310 e. The lowest BCUT2D eigenvalue weighted by molar-refractivity contribution is 0.490. The third kappa shape index (κ3) is 3.08. The van der Waals surface area contributed by atoms with Gasteiger partial charge in [0.2, 0.25) is 0 Å². The third-order valence-corrected chi connectivity index (χ3v) is 7.10. The van der Waals surface area contributed by atoms with Crippen molar-refractivity contribution >= 4 is 23.1 Å². The van der Waals surface area contributed by atoms with Gasteiger partial charge in [0.15, 0.2) is 0 Å². The topological polar surface area (TPSA) is 3.24 Å². The van der Waals surface area contributed by atoms with Gasteiger partial charge in [0, 0.05) is 22.5 Å². The highest BCUT2D eigenvalue weighted by atomic mass is 15.1. The van der Waals surface area contributed by atoms with Crippen molar-refractivity contribution in [3.63, 3.8) is 0 Å². The first-order valence-corrected chi connectivity index (χ1v) is 11.5. The summed E-state index contributed by atoms with van der Waals surface area (Å²) in [7, 11) is 0. The molecule has 1 nitrogen and oxygen atoms in total. The van der Waals surface area contributed by atoms with Crippen molar-refractivity contribution in [2.24, 2.45) is 0 Å². The monoisotopic (exact) mass is 415 g/mol. The highest BCUT2D eigenvalue weighted by molar-refractivity contribution is 5.86. The molecule has 0 N–H and O–H groups in total. The van der Waals surface area contributed by atoms with Crippen LogP contribution in [0.25, 0.3) is 17.2 Å². The number of benzene rings is 4. The Bertz CT molecular complexity index is 1210. The summed E-state index contributed by atoms with van der Waals surface area (Å²) in [6.07, 6.45) is 4.10. The summed E-state index contributed by atoms with van der Waals surface area (Å²) in [5.74, 6) is 0. The Morgan fingerprint density at radius 2 is 1.19 bits per heavy atom. The Hall–Kier alpha value is -3.58. The molecule has 4 aromatic carbocycles. The van der Waals surface area contributed by atoms with Gasteiger partial charge in [-0.2, -0.15) is 0 Å². The Labute approximate surface area is 191 Å². The Balaban J connectivity index is 1.72. The van der Waals surface area contributed by atoms with E-state index >= 15 is 0 Å². The fraction of sp³-hybridized carbons (Fsp3) is 0.161. The van der Waals surface area contributed by atoms with E-state index < -0.39 is 0 Å². The first-order valence-electron chi connectivity index (χ1n) is 11.5. The van der Waals surface area contributed by atoms with Crippen molar-refractivity contribution in [3.05, 3.63) is 120 Å². The van der Waals surface area contributed by atoms with Crippen molar-refractivity contribution in [1.82, 2.24) is 0 Å². The Morgan fingerprint density at radius 1 is 0.656 bits per heavy atom. The zero-order valence-electron chi connectivity index (χ0n) is 18.9. The second kappa shape index (κ2) is 8.16. The van der Waals surface area contributed by atoms with E-state index in [1.807, 2.05) is 6.08 Å². The fourth-order valence-corrected chi connectivity index (χ4v) is 5.38. The third-order valence-electron chi connectivity index (χ3n) is 7.10. The van der Waals surface area contributed by atoms with Gasteiger partial charge in [0.1, 0.15) is 0 Å². The maximum Gasteiger partial charge on any atom is 0.0465 e. The molecule has 32 heavy (non-hydrogen) atoms. The minimum absolute atomic E-state index is 0.0265. The molecule has 0 spiro atoms. The molecule has 0 atom stereocenters. The zero-order chi connectivity index (χ0) is 22.1. The van der Waals surface area contributed by atoms with Gasteiger partial charge in [0.25, 0.3) is 0 Å². The summed E-state index contributed by atoms with van der Waals surface area (Å²) >= 11 is 0. The van der Waals surface area contributed by atoms with E-state index in [9.17, 15) is 0 Å². The average Bonchev–Trinajstić information content (AvgIpc) is 3.14. The van der Waals surface area contributed by atoms with E-state index in [-0.39, 0.29) is 5.41 Å². The van der Waals surface area contributed by atoms with Crippen LogP contribution in [0.3, 0.4) is 0 Å². The number of fused-ring (bicyclic) bond motifs is 3. The zero-order valence-corrected chi connectivity index (χ0v) is 18.9. The molecule has 0 aliphatic heterocycles. The summed E-state index contributed by atoms with van der Waals surface area (Å²) < 4.78 is 0. The van der Waals surface area contributed by atoms with Crippen LogP contribution in [0.15, 0.2) is 104 Å². The Morgan fingerprint density at radius 3 is 1.72 bits per heavy atom. The highest BCUT2D eigenvalue weighted by Crippen LogP contribution is 2.54. The first kappa shape index (κ1) is 20.3. The van der Waals surface area contributed by atoms with E-state index in [2.05, 4.69) is 122 Å². The maximum atomic E-state index is 4.00. The van der Waals surface area contributed by atoms with E-state index in [4.69, 9.17) is 0 Å². The molecule has 1 heteroatoms. The predicted octanol–water partition coefficient (Wildman–Crippen LogP) is 8.89. The van der Waals surface area contributed by atoms with Crippen LogP contribution in [0.1, 0.15) is 43.4 Å². The van der Waals surface area contributed by atoms with Crippen molar-refractivity contribution in [3.8, 4) is 11.1 Å². The molecule has 1 aliphatic rings.